The highest BCUT2D eigenvalue weighted by Crippen LogP contribution is 2.02. The molecule has 4 heteroatoms. The number of carbonyl (C=O) groups excluding carboxylic acids is 1. The van der Waals surface area contributed by atoms with Gasteiger partial charge in [-0.15, -0.1) is 0 Å². The van der Waals surface area contributed by atoms with E-state index in [1.165, 1.54) is 18.6 Å². The van der Waals surface area contributed by atoms with Crippen molar-refractivity contribution >= 4 is 17.7 Å². The molecule has 0 saturated heterocycles. The Morgan fingerprint density at radius 2 is 1.88 bits per heavy atom. The van der Waals surface area contributed by atoms with Crippen LogP contribution in [0.25, 0.3) is 0 Å². The number of unbranched alkanes of at least 4 members (excludes halogenated alkanes) is 4. The highest BCUT2D eigenvalue weighted by Gasteiger charge is 1.99. The Morgan fingerprint density at radius 1 is 1.12 bits per heavy atom. The largest absolute Gasteiger partial charge is 0.356 e. The van der Waals surface area contributed by atoms with Crippen LogP contribution < -0.4 is 11.1 Å². The van der Waals surface area contributed by atoms with Crippen LogP contribution in [0.3, 0.4) is 0 Å². The Hall–Kier alpha value is -0.220. The van der Waals surface area contributed by atoms with Crippen molar-refractivity contribution in [1.29, 1.82) is 0 Å². The maximum atomic E-state index is 11.3. The minimum absolute atomic E-state index is 0.196. The summed E-state index contributed by atoms with van der Waals surface area (Å²) in [7, 11) is 0. The van der Waals surface area contributed by atoms with Gasteiger partial charge in [0.2, 0.25) is 5.91 Å². The number of amides is 1. The standard InChI is InChI=1S/C12H26N2OS/c1-16-11-7-3-6-10-14-12(15)8-4-2-5-9-13/h2-11,13H2,1H3,(H,14,15). The van der Waals surface area contributed by atoms with E-state index in [-0.39, 0.29) is 5.91 Å². The van der Waals surface area contributed by atoms with Crippen LogP contribution >= 0.6 is 11.8 Å². The normalized spacial score (nSPS) is 10.4. The summed E-state index contributed by atoms with van der Waals surface area (Å²) in [6, 6.07) is 0. The topological polar surface area (TPSA) is 55.1 Å². The summed E-state index contributed by atoms with van der Waals surface area (Å²) in [4.78, 5) is 11.3. The second kappa shape index (κ2) is 12.8. The van der Waals surface area contributed by atoms with Crippen molar-refractivity contribution < 1.29 is 4.79 Å². The molecule has 0 aromatic rings. The molecule has 0 radical (unpaired) electrons. The highest BCUT2D eigenvalue weighted by molar-refractivity contribution is 7.98. The number of rotatable bonds is 11. The second-order valence-electron chi connectivity index (χ2n) is 4.00. The number of thioether (sulfide) groups is 1. The molecule has 0 bridgehead atoms. The number of nitrogens with two attached hydrogens (primary N) is 1. The number of carbonyl (C=O) groups is 1. The van der Waals surface area contributed by atoms with E-state index in [1.807, 2.05) is 11.8 Å². The van der Waals surface area contributed by atoms with Crippen LogP contribution in [0, 0.1) is 0 Å². The maximum absolute atomic E-state index is 11.3. The Kier molecular flexibility index (Phi) is 12.7. The lowest BCUT2D eigenvalue weighted by molar-refractivity contribution is -0.121. The van der Waals surface area contributed by atoms with Gasteiger partial charge in [0, 0.05) is 13.0 Å². The molecule has 0 saturated carbocycles. The van der Waals surface area contributed by atoms with Gasteiger partial charge in [0.05, 0.1) is 0 Å². The molecule has 0 atom stereocenters. The molecule has 0 unspecified atom stereocenters. The highest BCUT2D eigenvalue weighted by atomic mass is 32.2. The predicted octanol–water partition coefficient (Wildman–Crippen LogP) is 2.15. The van der Waals surface area contributed by atoms with E-state index >= 15 is 0 Å². The molecule has 0 spiro atoms. The lowest BCUT2D eigenvalue weighted by Gasteiger charge is -2.04. The molecule has 0 aliphatic heterocycles. The van der Waals surface area contributed by atoms with E-state index in [9.17, 15) is 4.79 Å². The molecule has 0 rings (SSSR count). The summed E-state index contributed by atoms with van der Waals surface area (Å²) in [5.74, 6) is 1.43. The van der Waals surface area contributed by atoms with Gasteiger partial charge >= 0.3 is 0 Å². The zero-order valence-corrected chi connectivity index (χ0v) is 11.3. The fourth-order valence-electron chi connectivity index (χ4n) is 1.47. The fourth-order valence-corrected chi connectivity index (χ4v) is 1.96. The molecule has 0 fully saturated rings. The molecule has 1 amide bonds. The first-order valence-electron chi connectivity index (χ1n) is 6.27. The van der Waals surface area contributed by atoms with Crippen molar-refractivity contribution in [3.05, 3.63) is 0 Å². The lowest BCUT2D eigenvalue weighted by Crippen LogP contribution is -2.24. The molecule has 96 valence electrons. The number of nitrogens with one attached hydrogen (secondary N) is 1. The minimum Gasteiger partial charge on any atom is -0.356 e. The summed E-state index contributed by atoms with van der Waals surface area (Å²) in [6.07, 6.45) is 9.43. The van der Waals surface area contributed by atoms with Crippen LogP contribution in [0.15, 0.2) is 0 Å². The third kappa shape index (κ3) is 11.9. The first kappa shape index (κ1) is 15.8. The summed E-state index contributed by atoms with van der Waals surface area (Å²) in [6.45, 7) is 1.57. The van der Waals surface area contributed by atoms with Crippen LogP contribution in [0.2, 0.25) is 0 Å². The van der Waals surface area contributed by atoms with Crippen molar-refractivity contribution in [2.75, 3.05) is 25.1 Å². The molecule has 0 aliphatic carbocycles. The van der Waals surface area contributed by atoms with Crippen LogP contribution in [-0.4, -0.2) is 31.0 Å². The molecule has 0 heterocycles. The Bertz CT molecular complexity index is 165. The second-order valence-corrected chi connectivity index (χ2v) is 4.99. The average Bonchev–Trinajstić information content (AvgIpc) is 2.29. The van der Waals surface area contributed by atoms with E-state index in [2.05, 4.69) is 11.6 Å². The van der Waals surface area contributed by atoms with Crippen LogP contribution in [0.4, 0.5) is 0 Å². The van der Waals surface area contributed by atoms with Crippen LogP contribution in [-0.2, 0) is 4.79 Å². The summed E-state index contributed by atoms with van der Waals surface area (Å²) < 4.78 is 0. The molecule has 0 aromatic carbocycles. The molecular weight excluding hydrogens is 220 g/mol. The van der Waals surface area contributed by atoms with E-state index in [0.717, 1.165) is 38.8 Å². The van der Waals surface area contributed by atoms with Crippen LogP contribution in [0.5, 0.6) is 0 Å². The van der Waals surface area contributed by atoms with Gasteiger partial charge in [-0.05, 0) is 44.2 Å². The smallest absolute Gasteiger partial charge is 0.219 e. The van der Waals surface area contributed by atoms with Crippen molar-refractivity contribution in [3.63, 3.8) is 0 Å². The number of hydrogen-bond acceptors (Lipinski definition) is 3. The maximum Gasteiger partial charge on any atom is 0.219 e. The summed E-state index contributed by atoms with van der Waals surface area (Å²) >= 11 is 1.88. The summed E-state index contributed by atoms with van der Waals surface area (Å²) in [5.41, 5.74) is 5.38. The van der Waals surface area contributed by atoms with Crippen molar-refractivity contribution in [3.8, 4) is 0 Å². The van der Waals surface area contributed by atoms with Gasteiger partial charge in [0.15, 0.2) is 0 Å². The van der Waals surface area contributed by atoms with Gasteiger partial charge in [0.1, 0.15) is 0 Å². The van der Waals surface area contributed by atoms with Crippen molar-refractivity contribution in [2.24, 2.45) is 5.73 Å². The fraction of sp³-hybridized carbons (Fsp3) is 0.917. The zero-order chi connectivity index (χ0) is 12.1. The predicted molar refractivity (Wildman–Crippen MR) is 72.8 cm³/mol. The minimum atomic E-state index is 0.196. The van der Waals surface area contributed by atoms with Crippen LogP contribution in [0.1, 0.15) is 44.9 Å². The molecule has 16 heavy (non-hydrogen) atoms. The van der Waals surface area contributed by atoms with E-state index < -0.39 is 0 Å². The first-order valence-corrected chi connectivity index (χ1v) is 7.66. The lowest BCUT2D eigenvalue weighted by atomic mass is 10.2. The molecule has 3 nitrogen and oxygen atoms in total. The van der Waals surface area contributed by atoms with Gasteiger partial charge in [-0.2, -0.15) is 11.8 Å². The molecule has 0 aromatic heterocycles. The third-order valence-corrected chi connectivity index (χ3v) is 3.15. The Labute approximate surface area is 104 Å². The van der Waals surface area contributed by atoms with E-state index in [0.29, 0.717) is 6.42 Å². The average molecular weight is 246 g/mol. The van der Waals surface area contributed by atoms with Gasteiger partial charge < -0.3 is 11.1 Å². The van der Waals surface area contributed by atoms with Gasteiger partial charge in [-0.3, -0.25) is 4.79 Å². The van der Waals surface area contributed by atoms with E-state index in [4.69, 9.17) is 5.73 Å². The summed E-state index contributed by atoms with van der Waals surface area (Å²) in [5, 5.41) is 2.96. The molecular formula is C12H26N2OS. The van der Waals surface area contributed by atoms with Crippen molar-refractivity contribution in [2.45, 2.75) is 44.9 Å². The van der Waals surface area contributed by atoms with E-state index in [1.54, 1.807) is 0 Å². The SMILES string of the molecule is CSCCCCCNC(=O)CCCCCN. The monoisotopic (exact) mass is 246 g/mol. The Morgan fingerprint density at radius 3 is 2.56 bits per heavy atom. The third-order valence-electron chi connectivity index (χ3n) is 2.46. The van der Waals surface area contributed by atoms with Gasteiger partial charge in [0.25, 0.3) is 0 Å². The van der Waals surface area contributed by atoms with Gasteiger partial charge in [-0.25, -0.2) is 0 Å². The molecule has 0 aliphatic rings. The molecule has 3 N–H and O–H groups in total. The number of hydrogen-bond donors (Lipinski definition) is 2. The zero-order valence-electron chi connectivity index (χ0n) is 10.5. The van der Waals surface area contributed by atoms with Crippen molar-refractivity contribution in [1.82, 2.24) is 5.32 Å². The Balaban J connectivity index is 3.11. The quantitative estimate of drug-likeness (QED) is 0.549. The van der Waals surface area contributed by atoms with Gasteiger partial charge in [-0.1, -0.05) is 12.8 Å². The first-order chi connectivity index (χ1) is 7.81.